The van der Waals surface area contributed by atoms with E-state index in [-0.39, 0.29) is 10.6 Å². The van der Waals surface area contributed by atoms with Gasteiger partial charge in [-0.25, -0.2) is 0 Å². The predicted octanol–water partition coefficient (Wildman–Crippen LogP) is 2.73. The molecule has 0 bridgehead atoms. The normalized spacial score (nSPS) is 16.1. The quantitative estimate of drug-likeness (QED) is 0.664. The molecular formula is C15H23N3O2. The average Bonchev–Trinajstić information content (AvgIpc) is 2.46. The largest absolute Gasteiger partial charge is 0.371 e. The van der Waals surface area contributed by atoms with Gasteiger partial charge >= 0.3 is 0 Å². The Labute approximate surface area is 120 Å². The second kappa shape index (κ2) is 6.70. The van der Waals surface area contributed by atoms with E-state index in [9.17, 15) is 10.1 Å². The van der Waals surface area contributed by atoms with E-state index < -0.39 is 0 Å². The molecule has 1 fully saturated rings. The van der Waals surface area contributed by atoms with Crippen LogP contribution in [0.25, 0.3) is 0 Å². The first-order chi connectivity index (χ1) is 9.61. The zero-order valence-corrected chi connectivity index (χ0v) is 12.3. The van der Waals surface area contributed by atoms with Crippen LogP contribution in [0.2, 0.25) is 0 Å². The van der Waals surface area contributed by atoms with Crippen molar-refractivity contribution in [2.24, 2.45) is 5.92 Å². The summed E-state index contributed by atoms with van der Waals surface area (Å²) in [6.07, 6.45) is 2.42. The second-order valence-electron chi connectivity index (χ2n) is 5.46. The number of nitrogens with one attached hydrogen (secondary N) is 1. The van der Waals surface area contributed by atoms with E-state index in [0.29, 0.717) is 5.92 Å². The van der Waals surface area contributed by atoms with Gasteiger partial charge in [0.1, 0.15) is 0 Å². The Morgan fingerprint density at radius 1 is 1.40 bits per heavy atom. The lowest BCUT2D eigenvalue weighted by molar-refractivity contribution is -0.384. The molecule has 1 aliphatic heterocycles. The van der Waals surface area contributed by atoms with Gasteiger partial charge in [-0.1, -0.05) is 0 Å². The molecule has 0 saturated carbocycles. The van der Waals surface area contributed by atoms with Gasteiger partial charge in [-0.05, 0) is 57.3 Å². The first-order valence-electron chi connectivity index (χ1n) is 7.32. The van der Waals surface area contributed by atoms with E-state index in [1.807, 2.05) is 13.0 Å². The fourth-order valence-corrected chi connectivity index (χ4v) is 2.88. The summed E-state index contributed by atoms with van der Waals surface area (Å²) < 4.78 is 0. The van der Waals surface area contributed by atoms with E-state index >= 15 is 0 Å². The molecule has 1 aliphatic rings. The van der Waals surface area contributed by atoms with Gasteiger partial charge in [0, 0.05) is 30.9 Å². The van der Waals surface area contributed by atoms with E-state index in [0.717, 1.165) is 37.4 Å². The first-order valence-corrected chi connectivity index (χ1v) is 7.32. The fourth-order valence-electron chi connectivity index (χ4n) is 2.88. The highest BCUT2D eigenvalue weighted by Crippen LogP contribution is 2.26. The molecule has 5 nitrogen and oxygen atoms in total. The highest BCUT2D eigenvalue weighted by atomic mass is 16.6. The van der Waals surface area contributed by atoms with Crippen LogP contribution in [-0.4, -0.2) is 31.1 Å². The summed E-state index contributed by atoms with van der Waals surface area (Å²) in [5.41, 5.74) is 2.27. The van der Waals surface area contributed by atoms with Gasteiger partial charge in [0.2, 0.25) is 0 Å². The minimum absolute atomic E-state index is 0.171. The molecule has 0 amide bonds. The lowest BCUT2D eigenvalue weighted by atomic mass is 9.97. The third kappa shape index (κ3) is 3.48. The van der Waals surface area contributed by atoms with E-state index in [4.69, 9.17) is 0 Å². The Morgan fingerprint density at radius 2 is 2.10 bits per heavy atom. The predicted molar refractivity (Wildman–Crippen MR) is 81.3 cm³/mol. The Balaban J connectivity index is 2.12. The summed E-state index contributed by atoms with van der Waals surface area (Å²) in [5, 5.41) is 14.2. The molecule has 1 aromatic rings. The highest BCUT2D eigenvalue weighted by Gasteiger charge is 2.18. The van der Waals surface area contributed by atoms with Crippen LogP contribution in [0.1, 0.15) is 25.3 Å². The maximum atomic E-state index is 10.8. The minimum Gasteiger partial charge on any atom is -0.371 e. The molecular weight excluding hydrogens is 254 g/mol. The monoisotopic (exact) mass is 277 g/mol. The van der Waals surface area contributed by atoms with E-state index in [1.54, 1.807) is 12.1 Å². The molecule has 2 rings (SSSR count). The van der Waals surface area contributed by atoms with Gasteiger partial charge < -0.3 is 10.2 Å². The van der Waals surface area contributed by atoms with Gasteiger partial charge in [-0.3, -0.25) is 10.1 Å². The van der Waals surface area contributed by atoms with Crippen molar-refractivity contribution in [3.8, 4) is 0 Å². The Morgan fingerprint density at radius 3 is 2.65 bits per heavy atom. The number of anilines is 1. The molecule has 1 saturated heterocycles. The molecule has 0 aliphatic carbocycles. The molecule has 0 radical (unpaired) electrons. The van der Waals surface area contributed by atoms with Crippen LogP contribution in [0.4, 0.5) is 11.4 Å². The molecule has 110 valence electrons. The summed E-state index contributed by atoms with van der Waals surface area (Å²) >= 11 is 0. The number of piperidine rings is 1. The van der Waals surface area contributed by atoms with Crippen LogP contribution in [0.3, 0.4) is 0 Å². The summed E-state index contributed by atoms with van der Waals surface area (Å²) in [5.74, 6) is 0.714. The van der Waals surface area contributed by atoms with Crippen LogP contribution in [0.5, 0.6) is 0 Å². The number of hydrogen-bond acceptors (Lipinski definition) is 4. The SMILES string of the molecule is CCN(CC1CCNCC1)c1ccc([N+](=O)[O-])cc1C. The maximum absolute atomic E-state index is 10.8. The molecule has 5 heteroatoms. The van der Waals surface area contributed by atoms with Crippen molar-refractivity contribution < 1.29 is 4.92 Å². The summed E-state index contributed by atoms with van der Waals surface area (Å²) in [6, 6.07) is 5.16. The third-order valence-corrected chi connectivity index (χ3v) is 4.05. The van der Waals surface area contributed by atoms with Crippen molar-refractivity contribution in [2.45, 2.75) is 26.7 Å². The summed E-state index contributed by atoms with van der Waals surface area (Å²) in [4.78, 5) is 12.8. The van der Waals surface area contributed by atoms with Crippen molar-refractivity contribution in [3.05, 3.63) is 33.9 Å². The number of non-ortho nitro benzene ring substituents is 1. The van der Waals surface area contributed by atoms with Crippen molar-refractivity contribution in [3.63, 3.8) is 0 Å². The number of nitro groups is 1. The van der Waals surface area contributed by atoms with Crippen LogP contribution in [0, 0.1) is 23.0 Å². The number of nitro benzene ring substituents is 1. The minimum atomic E-state index is -0.333. The molecule has 0 aromatic heterocycles. The topological polar surface area (TPSA) is 58.4 Å². The van der Waals surface area contributed by atoms with Crippen LogP contribution >= 0.6 is 0 Å². The van der Waals surface area contributed by atoms with Crippen LogP contribution in [0.15, 0.2) is 18.2 Å². The van der Waals surface area contributed by atoms with Gasteiger partial charge in [0.15, 0.2) is 0 Å². The fraction of sp³-hybridized carbons (Fsp3) is 0.600. The van der Waals surface area contributed by atoms with E-state index in [2.05, 4.69) is 17.1 Å². The molecule has 20 heavy (non-hydrogen) atoms. The number of benzene rings is 1. The molecule has 1 heterocycles. The van der Waals surface area contributed by atoms with E-state index in [1.165, 1.54) is 12.8 Å². The van der Waals surface area contributed by atoms with Gasteiger partial charge in [-0.2, -0.15) is 0 Å². The average molecular weight is 277 g/mol. The van der Waals surface area contributed by atoms with Crippen LogP contribution < -0.4 is 10.2 Å². The van der Waals surface area contributed by atoms with Crippen molar-refractivity contribution in [1.82, 2.24) is 5.32 Å². The molecule has 1 N–H and O–H groups in total. The number of hydrogen-bond donors (Lipinski definition) is 1. The summed E-state index contributed by atoms with van der Waals surface area (Å²) in [6.45, 7) is 8.26. The standard InChI is InChI=1S/C15H23N3O2/c1-3-17(11-13-6-8-16-9-7-13)15-5-4-14(18(19)20)10-12(15)2/h4-5,10,13,16H,3,6-9,11H2,1-2H3. The number of aryl methyl sites for hydroxylation is 1. The lowest BCUT2D eigenvalue weighted by Crippen LogP contribution is -2.36. The van der Waals surface area contributed by atoms with Crippen molar-refractivity contribution in [2.75, 3.05) is 31.1 Å². The van der Waals surface area contributed by atoms with Gasteiger partial charge in [-0.15, -0.1) is 0 Å². The Bertz CT molecular complexity index is 470. The van der Waals surface area contributed by atoms with Gasteiger partial charge in [0.05, 0.1) is 4.92 Å². The molecule has 0 atom stereocenters. The number of rotatable bonds is 5. The smallest absolute Gasteiger partial charge is 0.269 e. The Kier molecular flexibility index (Phi) is 4.95. The molecule has 1 aromatic carbocycles. The lowest BCUT2D eigenvalue weighted by Gasteiger charge is -2.31. The highest BCUT2D eigenvalue weighted by molar-refractivity contribution is 5.57. The zero-order valence-electron chi connectivity index (χ0n) is 12.3. The maximum Gasteiger partial charge on any atom is 0.269 e. The number of nitrogens with zero attached hydrogens (tertiary/aromatic N) is 2. The first kappa shape index (κ1) is 14.8. The summed E-state index contributed by atoms with van der Waals surface area (Å²) in [7, 11) is 0. The molecule has 0 unspecified atom stereocenters. The van der Waals surface area contributed by atoms with Crippen molar-refractivity contribution in [1.29, 1.82) is 0 Å². The van der Waals surface area contributed by atoms with Crippen LogP contribution in [-0.2, 0) is 0 Å². The van der Waals surface area contributed by atoms with Crippen molar-refractivity contribution >= 4 is 11.4 Å². The third-order valence-electron chi connectivity index (χ3n) is 4.05. The second-order valence-corrected chi connectivity index (χ2v) is 5.46. The van der Waals surface area contributed by atoms with Gasteiger partial charge in [0.25, 0.3) is 5.69 Å². The zero-order chi connectivity index (χ0) is 14.5. The molecule has 0 spiro atoms. The Hall–Kier alpha value is -1.62.